The maximum atomic E-state index is 6.15. The lowest BCUT2D eigenvalue weighted by Crippen LogP contribution is -2.36. The quantitative estimate of drug-likeness (QED) is 0.881. The van der Waals surface area contributed by atoms with Crippen molar-refractivity contribution in [3.05, 3.63) is 65.7 Å². The molecule has 0 aromatic heterocycles. The summed E-state index contributed by atoms with van der Waals surface area (Å²) in [5.41, 5.74) is 8.82. The molecule has 2 aromatic rings. The Labute approximate surface area is 145 Å². The molecule has 1 unspecified atom stereocenters. The molecule has 0 amide bonds. The van der Waals surface area contributed by atoms with E-state index in [0.29, 0.717) is 18.4 Å². The highest BCUT2D eigenvalue weighted by Gasteiger charge is 2.28. The fourth-order valence-electron chi connectivity index (χ4n) is 3.90. The highest BCUT2D eigenvalue weighted by molar-refractivity contribution is 5.37. The summed E-state index contributed by atoms with van der Waals surface area (Å²) in [6.45, 7) is 4.02. The molecule has 1 fully saturated rings. The first kappa shape index (κ1) is 17.0. The van der Waals surface area contributed by atoms with Crippen molar-refractivity contribution in [1.29, 1.82) is 0 Å². The number of piperidine rings is 1. The second-order valence-electron chi connectivity index (χ2n) is 6.68. The van der Waals surface area contributed by atoms with Crippen LogP contribution >= 0.6 is 0 Å². The Morgan fingerprint density at radius 1 is 1.04 bits per heavy atom. The van der Waals surface area contributed by atoms with Gasteiger partial charge in [0.05, 0.1) is 7.11 Å². The number of hydrogen-bond acceptors (Lipinski definition) is 3. The maximum Gasteiger partial charge on any atom is 0.122 e. The maximum absolute atomic E-state index is 6.15. The molecule has 2 aromatic carbocycles. The van der Waals surface area contributed by atoms with Crippen LogP contribution in [0.5, 0.6) is 5.75 Å². The van der Waals surface area contributed by atoms with E-state index < -0.39 is 0 Å². The lowest BCUT2D eigenvalue weighted by Gasteiger charge is -2.36. The van der Waals surface area contributed by atoms with Gasteiger partial charge in [-0.25, -0.2) is 0 Å². The number of likely N-dealkylation sites (tertiary alicyclic amines) is 1. The van der Waals surface area contributed by atoms with Crippen molar-refractivity contribution in [2.24, 2.45) is 11.7 Å². The third-order valence-electron chi connectivity index (χ3n) is 5.24. The fraction of sp³-hybridized carbons (Fsp3) is 0.429. The summed E-state index contributed by atoms with van der Waals surface area (Å²) < 4.78 is 5.55. The minimum absolute atomic E-state index is 0.389. The molecule has 0 spiro atoms. The van der Waals surface area contributed by atoms with Gasteiger partial charge in [0.1, 0.15) is 5.75 Å². The molecule has 3 heteroatoms. The van der Waals surface area contributed by atoms with Gasteiger partial charge in [0.25, 0.3) is 0 Å². The molecule has 128 valence electrons. The molecular formula is C21H28N2O. The summed E-state index contributed by atoms with van der Waals surface area (Å²) in [7, 11) is 1.74. The average Bonchev–Trinajstić information content (AvgIpc) is 2.65. The van der Waals surface area contributed by atoms with Crippen molar-refractivity contribution in [1.82, 2.24) is 4.90 Å². The van der Waals surface area contributed by atoms with Crippen molar-refractivity contribution in [3.8, 4) is 5.75 Å². The highest BCUT2D eigenvalue weighted by atomic mass is 16.5. The van der Waals surface area contributed by atoms with Crippen molar-refractivity contribution in [3.63, 3.8) is 0 Å². The van der Waals surface area contributed by atoms with Gasteiger partial charge >= 0.3 is 0 Å². The number of nitrogens with zero attached hydrogens (tertiary/aromatic N) is 1. The minimum Gasteiger partial charge on any atom is -0.496 e. The summed E-state index contributed by atoms with van der Waals surface area (Å²) in [4.78, 5) is 2.56. The zero-order chi connectivity index (χ0) is 16.8. The van der Waals surface area contributed by atoms with Crippen LogP contribution in [0.2, 0.25) is 0 Å². The molecule has 1 heterocycles. The first-order valence-electron chi connectivity index (χ1n) is 8.91. The average molecular weight is 324 g/mol. The summed E-state index contributed by atoms with van der Waals surface area (Å²) in [5, 5.41) is 0. The zero-order valence-electron chi connectivity index (χ0n) is 14.5. The molecule has 3 nitrogen and oxygen atoms in total. The van der Waals surface area contributed by atoms with Gasteiger partial charge in [-0.15, -0.1) is 0 Å². The smallest absolute Gasteiger partial charge is 0.122 e. The minimum atomic E-state index is 0.389. The fourth-order valence-corrected chi connectivity index (χ4v) is 3.90. The lowest BCUT2D eigenvalue weighted by atomic mass is 9.79. The Balaban J connectivity index is 1.62. The van der Waals surface area contributed by atoms with Crippen LogP contribution in [0, 0.1) is 5.92 Å². The molecule has 2 N–H and O–H groups in total. The third-order valence-corrected chi connectivity index (χ3v) is 5.24. The highest BCUT2D eigenvalue weighted by Crippen LogP contribution is 2.36. The number of methoxy groups -OCH3 is 1. The second-order valence-corrected chi connectivity index (χ2v) is 6.68. The molecule has 1 saturated heterocycles. The molecule has 0 bridgehead atoms. The molecule has 1 aliphatic heterocycles. The second kappa shape index (κ2) is 8.32. The van der Waals surface area contributed by atoms with Crippen LogP contribution in [0.25, 0.3) is 0 Å². The predicted molar refractivity (Wildman–Crippen MR) is 99.2 cm³/mol. The van der Waals surface area contributed by atoms with Crippen LogP contribution in [0.15, 0.2) is 54.6 Å². The molecule has 0 saturated carbocycles. The van der Waals surface area contributed by atoms with Crippen molar-refractivity contribution in [2.75, 3.05) is 26.7 Å². The number of rotatable bonds is 6. The van der Waals surface area contributed by atoms with Gasteiger partial charge in [0.15, 0.2) is 0 Å². The number of hydrogen-bond donors (Lipinski definition) is 1. The Bertz CT molecular complexity index is 621. The number of para-hydroxylation sites is 1. The van der Waals surface area contributed by atoms with E-state index in [1.807, 2.05) is 12.1 Å². The summed E-state index contributed by atoms with van der Waals surface area (Å²) in [5.74, 6) is 2.00. The van der Waals surface area contributed by atoms with Gasteiger partial charge in [-0.3, -0.25) is 4.90 Å². The molecule has 24 heavy (non-hydrogen) atoms. The largest absolute Gasteiger partial charge is 0.496 e. The van der Waals surface area contributed by atoms with Gasteiger partial charge in [0.2, 0.25) is 0 Å². The molecule has 1 atom stereocenters. The summed E-state index contributed by atoms with van der Waals surface area (Å²) in [6.07, 6.45) is 2.40. The zero-order valence-corrected chi connectivity index (χ0v) is 14.5. The van der Waals surface area contributed by atoms with Crippen molar-refractivity contribution in [2.45, 2.75) is 25.3 Å². The Hall–Kier alpha value is -1.84. The molecular weight excluding hydrogens is 296 g/mol. The molecule has 1 aliphatic rings. The topological polar surface area (TPSA) is 38.5 Å². The third kappa shape index (κ3) is 3.97. The van der Waals surface area contributed by atoms with E-state index in [1.165, 1.54) is 24.0 Å². The van der Waals surface area contributed by atoms with E-state index in [1.54, 1.807) is 7.11 Å². The van der Waals surface area contributed by atoms with E-state index in [-0.39, 0.29) is 0 Å². The molecule has 3 rings (SSSR count). The Kier molecular flexibility index (Phi) is 5.89. The molecule has 0 radical (unpaired) electrons. The van der Waals surface area contributed by atoms with Crippen molar-refractivity contribution < 1.29 is 4.74 Å². The predicted octanol–water partition coefficient (Wildman–Crippen LogP) is 3.65. The van der Waals surface area contributed by atoms with Crippen LogP contribution in [-0.2, 0) is 6.54 Å². The summed E-state index contributed by atoms with van der Waals surface area (Å²) >= 11 is 0. The Morgan fingerprint density at radius 3 is 2.38 bits per heavy atom. The monoisotopic (exact) mass is 324 g/mol. The van der Waals surface area contributed by atoms with E-state index in [2.05, 4.69) is 47.4 Å². The van der Waals surface area contributed by atoms with E-state index in [4.69, 9.17) is 10.5 Å². The lowest BCUT2D eigenvalue weighted by molar-refractivity contribution is 0.162. The SMILES string of the molecule is COc1ccccc1C(CN)C1CCN(Cc2ccccc2)CC1. The first-order valence-corrected chi connectivity index (χ1v) is 8.91. The van der Waals surface area contributed by atoms with Gasteiger partial charge in [-0.05, 0) is 55.6 Å². The van der Waals surface area contributed by atoms with Crippen LogP contribution in [0.4, 0.5) is 0 Å². The number of benzene rings is 2. The van der Waals surface area contributed by atoms with Gasteiger partial charge in [0, 0.05) is 12.5 Å². The normalized spacial score (nSPS) is 17.6. The Morgan fingerprint density at radius 2 is 1.71 bits per heavy atom. The van der Waals surface area contributed by atoms with Crippen LogP contribution in [0.1, 0.15) is 29.9 Å². The van der Waals surface area contributed by atoms with Crippen LogP contribution in [-0.4, -0.2) is 31.6 Å². The number of ether oxygens (including phenoxy) is 1. The van der Waals surface area contributed by atoms with Crippen LogP contribution < -0.4 is 10.5 Å². The van der Waals surface area contributed by atoms with E-state index >= 15 is 0 Å². The van der Waals surface area contributed by atoms with Crippen LogP contribution in [0.3, 0.4) is 0 Å². The van der Waals surface area contributed by atoms with E-state index in [0.717, 1.165) is 25.4 Å². The molecule has 0 aliphatic carbocycles. The van der Waals surface area contributed by atoms with Gasteiger partial charge < -0.3 is 10.5 Å². The standard InChI is InChI=1S/C21H28N2O/c1-24-21-10-6-5-9-19(21)20(15-22)18-11-13-23(14-12-18)16-17-7-3-2-4-8-17/h2-10,18,20H,11-16,22H2,1H3. The first-order chi connectivity index (χ1) is 11.8. The van der Waals surface area contributed by atoms with E-state index in [9.17, 15) is 0 Å². The van der Waals surface area contributed by atoms with Gasteiger partial charge in [-0.1, -0.05) is 48.5 Å². The van der Waals surface area contributed by atoms with Crippen molar-refractivity contribution >= 4 is 0 Å². The summed E-state index contributed by atoms with van der Waals surface area (Å²) in [6, 6.07) is 19.1. The number of nitrogens with two attached hydrogens (primary N) is 1. The van der Waals surface area contributed by atoms with Gasteiger partial charge in [-0.2, -0.15) is 0 Å².